The highest BCUT2D eigenvalue weighted by Crippen LogP contribution is 2.66. The molecule has 0 amide bonds. The molecule has 0 fully saturated rings. The van der Waals surface area contributed by atoms with Crippen LogP contribution in [-0.4, -0.2) is 0 Å². The Kier molecular flexibility index (Phi) is 8.25. The van der Waals surface area contributed by atoms with Gasteiger partial charge in [-0.1, -0.05) is 181 Å². The van der Waals surface area contributed by atoms with Gasteiger partial charge >= 0.3 is 0 Å². The lowest BCUT2D eigenvalue weighted by molar-refractivity contribution is 0.590. The molecule has 61 heavy (non-hydrogen) atoms. The van der Waals surface area contributed by atoms with Crippen LogP contribution in [0.1, 0.15) is 74.9 Å². The van der Waals surface area contributed by atoms with Gasteiger partial charge in [0.05, 0.1) is 22.5 Å². The van der Waals surface area contributed by atoms with Crippen molar-refractivity contribution in [3.63, 3.8) is 0 Å². The van der Waals surface area contributed by atoms with Crippen molar-refractivity contribution in [1.82, 2.24) is 0 Å². The summed E-state index contributed by atoms with van der Waals surface area (Å²) >= 11 is 0. The number of para-hydroxylation sites is 3. The van der Waals surface area contributed by atoms with E-state index in [1.54, 1.807) is 0 Å². The molecular weight excluding hydrogens is 737 g/mol. The van der Waals surface area contributed by atoms with Crippen molar-refractivity contribution in [3.05, 3.63) is 228 Å². The smallest absolute Gasteiger partial charge is 0.0755 e. The van der Waals surface area contributed by atoms with Crippen molar-refractivity contribution in [1.29, 1.82) is 0 Å². The Morgan fingerprint density at radius 3 is 1.44 bits per heavy atom. The molecule has 296 valence electrons. The van der Waals surface area contributed by atoms with Crippen LogP contribution in [0.5, 0.6) is 0 Å². The molecular formula is C59H50N2. The number of nitrogens with zero attached hydrogens (tertiary/aromatic N) is 2. The molecule has 0 saturated heterocycles. The summed E-state index contributed by atoms with van der Waals surface area (Å²) in [5, 5.41) is 5.01. The normalized spacial score (nSPS) is 13.8. The molecule has 0 bridgehead atoms. The van der Waals surface area contributed by atoms with E-state index in [1.165, 1.54) is 83.1 Å². The van der Waals surface area contributed by atoms with Gasteiger partial charge in [-0.25, -0.2) is 0 Å². The van der Waals surface area contributed by atoms with E-state index >= 15 is 0 Å². The van der Waals surface area contributed by atoms with E-state index in [4.69, 9.17) is 0 Å². The van der Waals surface area contributed by atoms with Crippen molar-refractivity contribution >= 4 is 55.7 Å². The van der Waals surface area contributed by atoms with E-state index in [9.17, 15) is 0 Å². The molecule has 0 N–H and O–H groups in total. The molecule has 2 nitrogen and oxygen atoms in total. The Balaban J connectivity index is 1.29. The zero-order chi connectivity index (χ0) is 41.7. The van der Waals surface area contributed by atoms with Crippen molar-refractivity contribution in [2.75, 3.05) is 9.80 Å². The van der Waals surface area contributed by atoms with Crippen molar-refractivity contribution in [2.45, 2.75) is 57.8 Å². The molecule has 1 spiro atoms. The third-order valence-corrected chi connectivity index (χ3v) is 13.3. The second-order valence-corrected chi connectivity index (χ2v) is 19.0. The molecule has 0 saturated carbocycles. The summed E-state index contributed by atoms with van der Waals surface area (Å²) in [4.78, 5) is 4.98. The molecule has 11 rings (SSSR count). The van der Waals surface area contributed by atoms with E-state index in [0.29, 0.717) is 0 Å². The number of rotatable bonds is 4. The molecule has 0 aromatic heterocycles. The Morgan fingerprint density at radius 2 is 0.869 bits per heavy atom. The fraction of sp³-hybridized carbons (Fsp3) is 0.153. The lowest BCUT2D eigenvalue weighted by Gasteiger charge is -2.45. The Hall–Kier alpha value is -6.90. The summed E-state index contributed by atoms with van der Waals surface area (Å²) in [6.07, 6.45) is 0. The standard InChI is InChI=1S/C59H50N2/c1-57(2,3)40-29-33-43(34-30-40)60(44-35-31-41(32-36-44)58(4,5)6)54-38-51-56(47-23-13-12-22-46(47)54)55-45-21-11-10-18-39(45)28-37-50(55)59(51)48-24-14-16-26-52(48)61(42-19-8-7-9-20-42)53-27-17-15-25-49(53)59/h7-38H,1-6H3. The first-order valence-electron chi connectivity index (χ1n) is 21.7. The second-order valence-electron chi connectivity index (χ2n) is 19.0. The molecule has 2 heteroatoms. The summed E-state index contributed by atoms with van der Waals surface area (Å²) in [6.45, 7) is 13.7. The van der Waals surface area contributed by atoms with Gasteiger partial charge in [-0.05, 0) is 126 Å². The van der Waals surface area contributed by atoms with Crippen molar-refractivity contribution in [3.8, 4) is 11.1 Å². The van der Waals surface area contributed by atoms with Gasteiger partial charge in [0, 0.05) is 22.4 Å². The van der Waals surface area contributed by atoms with Crippen LogP contribution in [-0.2, 0) is 16.2 Å². The highest BCUT2D eigenvalue weighted by molar-refractivity contribution is 6.16. The SMILES string of the molecule is CC(C)(C)c1ccc(N(c2ccc(C(C)(C)C)cc2)c2cc3c(c4ccccc24)-c2c(ccc4ccccc24)C32c3ccccc3N(c3ccccc3)c3ccccc32)cc1. The van der Waals surface area contributed by atoms with Crippen molar-refractivity contribution < 1.29 is 0 Å². The quantitative estimate of drug-likeness (QED) is 0.175. The number of fused-ring (bicyclic) bond motifs is 13. The lowest BCUT2D eigenvalue weighted by Crippen LogP contribution is -2.36. The Bertz CT molecular complexity index is 3040. The number of hydrogen-bond acceptors (Lipinski definition) is 2. The van der Waals surface area contributed by atoms with Crippen LogP contribution in [0.4, 0.5) is 34.1 Å². The topological polar surface area (TPSA) is 6.48 Å². The molecule has 0 atom stereocenters. The van der Waals surface area contributed by atoms with Crippen LogP contribution >= 0.6 is 0 Å². The summed E-state index contributed by atoms with van der Waals surface area (Å²) in [6, 6.07) is 73.1. The Morgan fingerprint density at radius 1 is 0.393 bits per heavy atom. The minimum absolute atomic E-state index is 0.0360. The monoisotopic (exact) mass is 786 g/mol. The van der Waals surface area contributed by atoms with Crippen molar-refractivity contribution in [2.24, 2.45) is 0 Å². The van der Waals surface area contributed by atoms with E-state index in [1.807, 2.05) is 0 Å². The van der Waals surface area contributed by atoms with Crippen LogP contribution in [0.25, 0.3) is 32.7 Å². The third kappa shape index (κ3) is 5.55. The average Bonchev–Trinajstić information content (AvgIpc) is 3.58. The van der Waals surface area contributed by atoms with E-state index in [0.717, 1.165) is 17.1 Å². The number of anilines is 6. The van der Waals surface area contributed by atoms with Crippen LogP contribution in [0.3, 0.4) is 0 Å². The van der Waals surface area contributed by atoms with Gasteiger partial charge in [0.1, 0.15) is 0 Å². The minimum atomic E-state index is -0.621. The van der Waals surface area contributed by atoms with E-state index in [-0.39, 0.29) is 10.8 Å². The van der Waals surface area contributed by atoms with E-state index in [2.05, 4.69) is 245 Å². The highest BCUT2D eigenvalue weighted by Gasteiger charge is 2.53. The van der Waals surface area contributed by atoms with Gasteiger partial charge in [0.2, 0.25) is 0 Å². The first-order valence-corrected chi connectivity index (χ1v) is 21.7. The van der Waals surface area contributed by atoms with Gasteiger partial charge < -0.3 is 9.80 Å². The van der Waals surface area contributed by atoms with Crippen LogP contribution < -0.4 is 9.80 Å². The van der Waals surface area contributed by atoms with Gasteiger partial charge in [-0.3, -0.25) is 0 Å². The number of benzene rings is 9. The highest BCUT2D eigenvalue weighted by atomic mass is 15.2. The fourth-order valence-corrected chi connectivity index (χ4v) is 10.4. The van der Waals surface area contributed by atoms with Gasteiger partial charge in [0.15, 0.2) is 0 Å². The Labute approximate surface area is 360 Å². The van der Waals surface area contributed by atoms with Gasteiger partial charge in [-0.15, -0.1) is 0 Å². The fourth-order valence-electron chi connectivity index (χ4n) is 10.4. The summed E-state index contributed by atoms with van der Waals surface area (Å²) in [5.41, 5.74) is 16.9. The maximum absolute atomic E-state index is 2.56. The second kappa shape index (κ2) is 13.6. The lowest BCUT2D eigenvalue weighted by atomic mass is 9.64. The maximum atomic E-state index is 2.56. The summed E-state index contributed by atoms with van der Waals surface area (Å²) in [7, 11) is 0. The van der Waals surface area contributed by atoms with Gasteiger partial charge in [0.25, 0.3) is 0 Å². The molecule has 0 radical (unpaired) electrons. The molecule has 9 aromatic rings. The van der Waals surface area contributed by atoms with E-state index < -0.39 is 5.41 Å². The first-order chi connectivity index (χ1) is 29.5. The molecule has 1 aliphatic carbocycles. The minimum Gasteiger partial charge on any atom is -0.310 e. The predicted octanol–water partition coefficient (Wildman–Crippen LogP) is 16.2. The molecule has 0 unspecified atom stereocenters. The molecule has 2 aliphatic rings. The van der Waals surface area contributed by atoms with Gasteiger partial charge in [-0.2, -0.15) is 0 Å². The molecule has 1 heterocycles. The maximum Gasteiger partial charge on any atom is 0.0755 e. The molecule has 1 aliphatic heterocycles. The largest absolute Gasteiger partial charge is 0.310 e. The average molecular weight is 787 g/mol. The molecule has 9 aromatic carbocycles. The first kappa shape index (κ1) is 37.1. The summed E-state index contributed by atoms with van der Waals surface area (Å²) < 4.78 is 0. The zero-order valence-electron chi connectivity index (χ0n) is 35.9. The van der Waals surface area contributed by atoms with Crippen LogP contribution in [0.15, 0.2) is 194 Å². The third-order valence-electron chi connectivity index (χ3n) is 13.3. The number of hydrogen-bond donors (Lipinski definition) is 0. The van der Waals surface area contributed by atoms with Crippen LogP contribution in [0, 0.1) is 0 Å². The predicted molar refractivity (Wildman–Crippen MR) is 259 cm³/mol. The summed E-state index contributed by atoms with van der Waals surface area (Å²) in [5.74, 6) is 0. The zero-order valence-corrected chi connectivity index (χ0v) is 35.9. The van der Waals surface area contributed by atoms with Crippen LogP contribution in [0.2, 0.25) is 0 Å².